The van der Waals surface area contributed by atoms with E-state index in [0.29, 0.717) is 18.6 Å². The Kier molecular flexibility index (Phi) is 5.41. The molecule has 0 saturated heterocycles. The van der Waals surface area contributed by atoms with Gasteiger partial charge in [-0.3, -0.25) is 9.59 Å². The molecule has 2 heterocycles. The average molecular weight is 456 g/mol. The lowest BCUT2D eigenvalue weighted by Crippen LogP contribution is -2.41. The van der Waals surface area contributed by atoms with Crippen LogP contribution in [0.5, 0.6) is 5.75 Å². The lowest BCUT2D eigenvalue weighted by Gasteiger charge is -2.37. The van der Waals surface area contributed by atoms with Gasteiger partial charge >= 0.3 is 0 Å². The molecule has 5 rings (SSSR count). The third-order valence-corrected chi connectivity index (χ3v) is 6.99. The van der Waals surface area contributed by atoms with Crippen molar-refractivity contribution in [1.82, 2.24) is 4.90 Å². The number of amides is 1. The molecule has 2 aromatic carbocycles. The van der Waals surface area contributed by atoms with Crippen LogP contribution in [0.4, 0.5) is 4.39 Å². The Labute approximate surface area is 190 Å². The minimum Gasteiger partial charge on any atom is -0.497 e. The third kappa shape index (κ3) is 3.47. The number of halogens is 2. The number of ether oxygens (including phenoxy) is 2. The van der Waals surface area contributed by atoms with Gasteiger partial charge in [0, 0.05) is 17.5 Å². The van der Waals surface area contributed by atoms with Crippen molar-refractivity contribution in [2.24, 2.45) is 5.92 Å². The van der Waals surface area contributed by atoms with E-state index < -0.39 is 17.8 Å². The van der Waals surface area contributed by atoms with Gasteiger partial charge in [-0.05, 0) is 43.0 Å². The Morgan fingerprint density at radius 1 is 1.12 bits per heavy atom. The van der Waals surface area contributed by atoms with E-state index in [9.17, 15) is 14.0 Å². The third-order valence-electron chi connectivity index (χ3n) is 6.59. The standard InChI is InChI=1S/C25H23ClFNO4/c1-31-16-9-6-14(7-10-16)13-28-22(17-4-2-3-5-19(17)27)21-23(29)18-12-15(26)8-11-20(18)32-24(21)25(28)30/h2-7,9-10,15,18,20,22H,8,11-13H2,1H3. The number of ketones is 1. The highest BCUT2D eigenvalue weighted by Gasteiger charge is 2.53. The number of rotatable bonds is 4. The normalized spacial score (nSPS) is 27.2. The molecule has 2 aliphatic heterocycles. The highest BCUT2D eigenvalue weighted by atomic mass is 35.5. The zero-order valence-electron chi connectivity index (χ0n) is 17.6. The number of alkyl halides is 1. The molecule has 0 bridgehead atoms. The number of methoxy groups -OCH3 is 1. The lowest BCUT2D eigenvalue weighted by molar-refractivity contribution is -0.135. The predicted molar refractivity (Wildman–Crippen MR) is 117 cm³/mol. The summed E-state index contributed by atoms with van der Waals surface area (Å²) in [7, 11) is 1.58. The molecule has 32 heavy (non-hydrogen) atoms. The largest absolute Gasteiger partial charge is 0.497 e. The highest BCUT2D eigenvalue weighted by molar-refractivity contribution is 6.21. The summed E-state index contributed by atoms with van der Waals surface area (Å²) in [5, 5.41) is -0.106. The summed E-state index contributed by atoms with van der Waals surface area (Å²) in [6, 6.07) is 12.7. The Hall–Kier alpha value is -2.86. The van der Waals surface area contributed by atoms with E-state index >= 15 is 0 Å². The Morgan fingerprint density at radius 2 is 1.88 bits per heavy atom. The fraction of sp³-hybridized carbons (Fsp3) is 0.360. The number of hydrogen-bond acceptors (Lipinski definition) is 4. The quantitative estimate of drug-likeness (QED) is 0.635. The fourth-order valence-corrected chi connectivity index (χ4v) is 5.29. The predicted octanol–water partition coefficient (Wildman–Crippen LogP) is 4.55. The summed E-state index contributed by atoms with van der Waals surface area (Å²) >= 11 is 6.34. The van der Waals surface area contributed by atoms with E-state index in [4.69, 9.17) is 21.1 Å². The number of carbonyl (C=O) groups excluding carboxylic acids is 2. The number of carbonyl (C=O) groups is 2. The lowest BCUT2D eigenvalue weighted by atomic mass is 9.77. The molecule has 166 valence electrons. The monoisotopic (exact) mass is 455 g/mol. The van der Waals surface area contributed by atoms with Gasteiger partial charge in [0.2, 0.25) is 0 Å². The SMILES string of the molecule is COc1ccc(CN2C(=O)C3=C(C(=O)C4CC(Cl)CCC4O3)C2c2ccccc2F)cc1. The maximum absolute atomic E-state index is 14.9. The van der Waals surface area contributed by atoms with Crippen LogP contribution in [0.1, 0.15) is 36.4 Å². The van der Waals surface area contributed by atoms with Gasteiger partial charge in [0.1, 0.15) is 17.7 Å². The average Bonchev–Trinajstić information content (AvgIpc) is 3.07. The number of nitrogens with zero attached hydrogens (tertiary/aromatic N) is 1. The van der Waals surface area contributed by atoms with E-state index in [0.717, 1.165) is 12.0 Å². The second-order valence-electron chi connectivity index (χ2n) is 8.49. The molecule has 1 fully saturated rings. The first-order valence-electron chi connectivity index (χ1n) is 10.8. The van der Waals surface area contributed by atoms with Gasteiger partial charge in [-0.2, -0.15) is 0 Å². The molecule has 3 aliphatic rings. The van der Waals surface area contributed by atoms with Crippen LogP contribution in [0.3, 0.4) is 0 Å². The Morgan fingerprint density at radius 3 is 2.59 bits per heavy atom. The van der Waals surface area contributed by atoms with Crippen LogP contribution >= 0.6 is 11.6 Å². The molecule has 4 unspecified atom stereocenters. The zero-order valence-corrected chi connectivity index (χ0v) is 18.3. The number of Topliss-reactive ketones (excluding diaryl/α,β-unsaturated/α-hetero) is 1. The first-order chi connectivity index (χ1) is 15.5. The maximum atomic E-state index is 14.9. The van der Waals surface area contributed by atoms with Crippen LogP contribution in [0.15, 0.2) is 59.9 Å². The van der Waals surface area contributed by atoms with Gasteiger partial charge in [0.05, 0.1) is 24.6 Å². The van der Waals surface area contributed by atoms with E-state index in [1.165, 1.54) is 11.0 Å². The molecule has 1 aliphatic carbocycles. The first kappa shape index (κ1) is 21.0. The molecule has 1 amide bonds. The van der Waals surface area contributed by atoms with Gasteiger partial charge in [0.15, 0.2) is 11.5 Å². The van der Waals surface area contributed by atoms with Crippen molar-refractivity contribution in [2.45, 2.75) is 43.3 Å². The molecule has 0 N–H and O–H groups in total. The summed E-state index contributed by atoms with van der Waals surface area (Å²) in [6.07, 6.45) is 1.50. The molecule has 0 aromatic heterocycles. The number of fused-ring (bicyclic) bond motifs is 1. The van der Waals surface area contributed by atoms with Gasteiger partial charge in [-0.1, -0.05) is 30.3 Å². The van der Waals surface area contributed by atoms with Gasteiger partial charge in [-0.25, -0.2) is 4.39 Å². The summed E-state index contributed by atoms with van der Waals surface area (Å²) in [4.78, 5) is 28.6. The highest BCUT2D eigenvalue weighted by Crippen LogP contribution is 2.48. The van der Waals surface area contributed by atoms with Crippen molar-refractivity contribution < 1.29 is 23.5 Å². The van der Waals surface area contributed by atoms with Crippen LogP contribution in [-0.4, -0.2) is 35.2 Å². The van der Waals surface area contributed by atoms with Gasteiger partial charge in [0.25, 0.3) is 5.91 Å². The second kappa shape index (κ2) is 8.24. The van der Waals surface area contributed by atoms with Crippen LogP contribution in [0, 0.1) is 11.7 Å². The fourth-order valence-electron chi connectivity index (χ4n) is 4.97. The summed E-state index contributed by atoms with van der Waals surface area (Å²) < 4.78 is 26.2. The molecular weight excluding hydrogens is 433 g/mol. The molecule has 2 aromatic rings. The van der Waals surface area contributed by atoms with Crippen LogP contribution in [-0.2, 0) is 20.9 Å². The summed E-state index contributed by atoms with van der Waals surface area (Å²) in [6.45, 7) is 0.207. The van der Waals surface area contributed by atoms with Crippen LogP contribution < -0.4 is 4.74 Å². The smallest absolute Gasteiger partial charge is 0.290 e. The van der Waals surface area contributed by atoms with Gasteiger partial charge in [-0.15, -0.1) is 11.6 Å². The molecule has 5 nitrogen and oxygen atoms in total. The first-order valence-corrected chi connectivity index (χ1v) is 11.2. The molecule has 0 radical (unpaired) electrons. The van der Waals surface area contributed by atoms with Crippen LogP contribution in [0.25, 0.3) is 0 Å². The Bertz CT molecular complexity index is 1100. The number of benzene rings is 2. The summed E-state index contributed by atoms with van der Waals surface area (Å²) in [5.74, 6) is -0.654. The van der Waals surface area contributed by atoms with Crippen molar-refractivity contribution in [2.75, 3.05) is 7.11 Å². The maximum Gasteiger partial charge on any atom is 0.290 e. The molecule has 4 atom stereocenters. The molecule has 0 spiro atoms. The van der Waals surface area contributed by atoms with E-state index in [1.54, 1.807) is 37.4 Å². The minimum atomic E-state index is -0.843. The molecule has 1 saturated carbocycles. The van der Waals surface area contributed by atoms with Crippen molar-refractivity contribution in [1.29, 1.82) is 0 Å². The van der Waals surface area contributed by atoms with Crippen molar-refractivity contribution >= 4 is 23.3 Å². The number of hydrogen-bond donors (Lipinski definition) is 0. The zero-order chi connectivity index (χ0) is 22.4. The van der Waals surface area contributed by atoms with E-state index in [-0.39, 0.29) is 46.6 Å². The second-order valence-corrected chi connectivity index (χ2v) is 9.10. The topological polar surface area (TPSA) is 55.8 Å². The van der Waals surface area contributed by atoms with Crippen molar-refractivity contribution in [3.63, 3.8) is 0 Å². The van der Waals surface area contributed by atoms with E-state index in [1.807, 2.05) is 12.1 Å². The molecular formula is C25H23ClFNO4. The van der Waals surface area contributed by atoms with Crippen molar-refractivity contribution in [3.05, 3.63) is 76.8 Å². The van der Waals surface area contributed by atoms with Crippen molar-refractivity contribution in [3.8, 4) is 5.75 Å². The van der Waals surface area contributed by atoms with Crippen LogP contribution in [0.2, 0.25) is 0 Å². The van der Waals surface area contributed by atoms with E-state index in [2.05, 4.69) is 0 Å². The van der Waals surface area contributed by atoms with Gasteiger partial charge < -0.3 is 14.4 Å². The summed E-state index contributed by atoms with van der Waals surface area (Å²) in [5.41, 5.74) is 1.37. The minimum absolute atomic E-state index is 0.0611. The molecule has 7 heteroatoms. The Balaban J connectivity index is 1.56.